The maximum Gasteiger partial charge on any atom is 0.180 e. The van der Waals surface area contributed by atoms with Gasteiger partial charge in [-0.1, -0.05) is 15.9 Å². The van der Waals surface area contributed by atoms with Gasteiger partial charge in [0, 0.05) is 18.0 Å². The van der Waals surface area contributed by atoms with Crippen LogP contribution in [-0.4, -0.2) is 17.9 Å². The number of carbonyl (C=O) groups excluding carboxylic acids is 1. The molecule has 0 aliphatic heterocycles. The highest BCUT2D eigenvalue weighted by Gasteiger charge is 2.18. The van der Waals surface area contributed by atoms with E-state index in [2.05, 4.69) is 20.9 Å². The fourth-order valence-electron chi connectivity index (χ4n) is 1.59. The summed E-state index contributed by atoms with van der Waals surface area (Å²) in [4.78, 5) is 15.8. The monoisotopic (exact) mass is 305 g/mol. The lowest BCUT2D eigenvalue weighted by molar-refractivity contribution is 0.0991. The van der Waals surface area contributed by atoms with Crippen molar-refractivity contribution in [1.82, 2.24) is 4.98 Å². The maximum atomic E-state index is 12.2. The van der Waals surface area contributed by atoms with Crippen LogP contribution in [0.4, 0.5) is 0 Å². The number of halogens is 1. The molecule has 0 saturated carbocycles. The van der Waals surface area contributed by atoms with Crippen molar-refractivity contribution < 1.29 is 9.53 Å². The number of ether oxygens (including phenoxy) is 1. The smallest absolute Gasteiger partial charge is 0.180 e. The number of pyridine rings is 1. The first-order chi connectivity index (χ1) is 8.72. The minimum absolute atomic E-state index is 0.0175. The van der Waals surface area contributed by atoms with Crippen LogP contribution in [-0.2, 0) is 0 Å². The summed E-state index contributed by atoms with van der Waals surface area (Å²) in [6.07, 6.45) is 3.34. The van der Waals surface area contributed by atoms with Crippen LogP contribution in [0.15, 0.2) is 48.8 Å². The Morgan fingerprint density at radius 3 is 2.33 bits per heavy atom. The van der Waals surface area contributed by atoms with E-state index < -0.39 is 0 Å². The molecule has 1 heterocycles. The van der Waals surface area contributed by atoms with Crippen LogP contribution < -0.4 is 4.74 Å². The molecule has 2 aromatic rings. The van der Waals surface area contributed by atoms with Crippen molar-refractivity contribution in [1.29, 1.82) is 0 Å². The molecule has 1 unspecified atom stereocenters. The van der Waals surface area contributed by atoms with E-state index in [9.17, 15) is 4.79 Å². The van der Waals surface area contributed by atoms with E-state index in [1.807, 2.05) is 12.1 Å². The number of benzene rings is 1. The zero-order chi connectivity index (χ0) is 13.0. The second-order valence-corrected chi connectivity index (χ2v) is 4.65. The van der Waals surface area contributed by atoms with Crippen molar-refractivity contribution in [3.8, 4) is 5.75 Å². The summed E-state index contributed by atoms with van der Waals surface area (Å²) < 4.78 is 5.06. The molecule has 0 fully saturated rings. The van der Waals surface area contributed by atoms with E-state index in [1.165, 1.54) is 0 Å². The highest BCUT2D eigenvalue weighted by atomic mass is 79.9. The number of carbonyl (C=O) groups is 1. The standard InChI is InChI=1S/C14H12BrNO2/c1-18-12-4-2-11(3-5-12)14(17)13(15)10-6-8-16-9-7-10/h2-9,13H,1H3. The molecule has 4 heteroatoms. The number of hydrogen-bond acceptors (Lipinski definition) is 3. The van der Waals surface area contributed by atoms with Gasteiger partial charge in [-0.3, -0.25) is 9.78 Å². The Morgan fingerprint density at radius 1 is 1.17 bits per heavy atom. The van der Waals surface area contributed by atoms with Crippen molar-refractivity contribution in [2.75, 3.05) is 7.11 Å². The molecule has 1 aromatic heterocycles. The molecule has 0 aliphatic rings. The van der Waals surface area contributed by atoms with Crippen molar-refractivity contribution in [3.63, 3.8) is 0 Å². The second kappa shape index (κ2) is 5.78. The molecule has 0 amide bonds. The Morgan fingerprint density at radius 2 is 1.78 bits per heavy atom. The van der Waals surface area contributed by atoms with E-state index in [1.54, 1.807) is 43.8 Å². The first kappa shape index (κ1) is 12.8. The van der Waals surface area contributed by atoms with Crippen LogP contribution >= 0.6 is 15.9 Å². The molecular formula is C14H12BrNO2. The van der Waals surface area contributed by atoms with Crippen molar-refractivity contribution >= 4 is 21.7 Å². The molecule has 2 rings (SSSR count). The number of ketones is 1. The summed E-state index contributed by atoms with van der Waals surface area (Å²) in [5, 5.41) is 0. The van der Waals surface area contributed by atoms with Gasteiger partial charge >= 0.3 is 0 Å². The summed E-state index contributed by atoms with van der Waals surface area (Å²) in [5.41, 5.74) is 1.54. The molecule has 0 aliphatic carbocycles. The average molecular weight is 306 g/mol. The van der Waals surface area contributed by atoms with E-state index in [0.29, 0.717) is 5.56 Å². The minimum Gasteiger partial charge on any atom is -0.497 e. The van der Waals surface area contributed by atoms with Gasteiger partial charge in [0.2, 0.25) is 0 Å². The maximum absolute atomic E-state index is 12.2. The molecule has 18 heavy (non-hydrogen) atoms. The summed E-state index contributed by atoms with van der Waals surface area (Å²) in [7, 11) is 1.60. The van der Waals surface area contributed by atoms with Crippen LogP contribution in [0.3, 0.4) is 0 Å². The van der Waals surface area contributed by atoms with Crippen LogP contribution in [0.5, 0.6) is 5.75 Å². The zero-order valence-electron chi connectivity index (χ0n) is 9.84. The second-order valence-electron chi connectivity index (χ2n) is 3.74. The normalized spacial score (nSPS) is 11.9. The Labute approximate surface area is 114 Å². The van der Waals surface area contributed by atoms with Gasteiger partial charge in [0.25, 0.3) is 0 Å². The molecule has 0 spiro atoms. The molecule has 3 nitrogen and oxygen atoms in total. The zero-order valence-corrected chi connectivity index (χ0v) is 11.4. The summed E-state index contributed by atoms with van der Waals surface area (Å²) in [6, 6.07) is 10.7. The number of alkyl halides is 1. The number of aromatic nitrogens is 1. The van der Waals surface area contributed by atoms with Crippen LogP contribution in [0.1, 0.15) is 20.7 Å². The van der Waals surface area contributed by atoms with Gasteiger partial charge in [0.15, 0.2) is 5.78 Å². The molecule has 0 saturated heterocycles. The quantitative estimate of drug-likeness (QED) is 0.642. The molecule has 92 valence electrons. The third-order valence-corrected chi connectivity index (χ3v) is 3.55. The predicted molar refractivity (Wildman–Crippen MR) is 73.2 cm³/mol. The Balaban J connectivity index is 2.20. The number of methoxy groups -OCH3 is 1. The molecular weight excluding hydrogens is 294 g/mol. The minimum atomic E-state index is -0.353. The Bertz CT molecular complexity index is 525. The molecule has 0 radical (unpaired) electrons. The predicted octanol–water partition coefficient (Wildman–Crippen LogP) is 3.41. The third-order valence-electron chi connectivity index (χ3n) is 2.60. The fourth-order valence-corrected chi connectivity index (χ4v) is 2.15. The molecule has 1 aromatic carbocycles. The lowest BCUT2D eigenvalue weighted by atomic mass is 10.0. The number of Topliss-reactive ketones (excluding diaryl/α,β-unsaturated/α-hetero) is 1. The first-order valence-electron chi connectivity index (χ1n) is 5.44. The summed E-state index contributed by atoms with van der Waals surface area (Å²) >= 11 is 3.42. The van der Waals surface area contributed by atoms with Crippen LogP contribution in [0.25, 0.3) is 0 Å². The highest BCUT2D eigenvalue weighted by Crippen LogP contribution is 2.27. The molecule has 0 bridgehead atoms. The van der Waals surface area contributed by atoms with Crippen molar-refractivity contribution in [2.24, 2.45) is 0 Å². The van der Waals surface area contributed by atoms with Crippen molar-refractivity contribution in [3.05, 3.63) is 59.9 Å². The molecule has 1 atom stereocenters. The average Bonchev–Trinajstić information content (AvgIpc) is 2.47. The van der Waals surface area contributed by atoms with E-state index in [0.717, 1.165) is 11.3 Å². The van der Waals surface area contributed by atoms with Gasteiger partial charge in [0.05, 0.1) is 7.11 Å². The van der Waals surface area contributed by atoms with Gasteiger partial charge < -0.3 is 4.74 Å². The van der Waals surface area contributed by atoms with Crippen molar-refractivity contribution in [2.45, 2.75) is 4.83 Å². The van der Waals surface area contributed by atoms with E-state index in [-0.39, 0.29) is 10.6 Å². The first-order valence-corrected chi connectivity index (χ1v) is 6.36. The Kier molecular flexibility index (Phi) is 4.10. The van der Waals surface area contributed by atoms with E-state index in [4.69, 9.17) is 4.74 Å². The molecule has 0 N–H and O–H groups in total. The van der Waals surface area contributed by atoms with Crippen LogP contribution in [0, 0.1) is 0 Å². The van der Waals surface area contributed by atoms with E-state index >= 15 is 0 Å². The van der Waals surface area contributed by atoms with Gasteiger partial charge in [-0.25, -0.2) is 0 Å². The van der Waals surface area contributed by atoms with Gasteiger partial charge in [0.1, 0.15) is 10.6 Å². The largest absolute Gasteiger partial charge is 0.497 e. The summed E-state index contributed by atoms with van der Waals surface area (Å²) in [5.74, 6) is 0.755. The SMILES string of the molecule is COc1ccc(C(=O)C(Br)c2ccncc2)cc1. The topological polar surface area (TPSA) is 39.2 Å². The Hall–Kier alpha value is -1.68. The number of rotatable bonds is 4. The fraction of sp³-hybridized carbons (Fsp3) is 0.143. The number of hydrogen-bond donors (Lipinski definition) is 0. The highest BCUT2D eigenvalue weighted by molar-refractivity contribution is 9.09. The lowest BCUT2D eigenvalue weighted by Gasteiger charge is -2.09. The van der Waals surface area contributed by atoms with Crippen LogP contribution in [0.2, 0.25) is 0 Å². The number of nitrogens with zero attached hydrogens (tertiary/aromatic N) is 1. The van der Waals surface area contributed by atoms with Gasteiger partial charge in [-0.15, -0.1) is 0 Å². The summed E-state index contributed by atoms with van der Waals surface area (Å²) in [6.45, 7) is 0. The third kappa shape index (κ3) is 2.76. The van der Waals surface area contributed by atoms with Gasteiger partial charge in [-0.05, 0) is 42.0 Å². The lowest BCUT2D eigenvalue weighted by Crippen LogP contribution is -2.07. The van der Waals surface area contributed by atoms with Gasteiger partial charge in [-0.2, -0.15) is 0 Å².